The Balaban J connectivity index is 2.81. The molecule has 0 fully saturated rings. The largest absolute Gasteiger partial charge is 0.508 e. The van der Waals surface area contributed by atoms with Gasteiger partial charge in [-0.05, 0) is 30.0 Å². The summed E-state index contributed by atoms with van der Waals surface area (Å²) in [6.45, 7) is 0. The lowest BCUT2D eigenvalue weighted by Crippen LogP contribution is -2.12. The minimum Gasteiger partial charge on any atom is -0.508 e. The Bertz CT molecular complexity index is 415. The Labute approximate surface area is 102 Å². The maximum atomic E-state index is 12.2. The predicted molar refractivity (Wildman–Crippen MR) is 58.4 cm³/mol. The van der Waals surface area contributed by atoms with Gasteiger partial charge in [0.1, 0.15) is 5.75 Å². The number of halogens is 3. The number of rotatable bonds is 5. The quantitative estimate of drug-likeness (QED) is 0.856. The van der Waals surface area contributed by atoms with Gasteiger partial charge < -0.3 is 10.2 Å². The minimum atomic E-state index is -4.31. The van der Waals surface area contributed by atoms with Crippen LogP contribution in [0.2, 0.25) is 0 Å². The number of carbonyl (C=O) groups is 1. The molecule has 0 bridgehead atoms. The summed E-state index contributed by atoms with van der Waals surface area (Å²) in [5.41, 5.74) is 0.404. The van der Waals surface area contributed by atoms with Crippen LogP contribution in [0.5, 0.6) is 5.75 Å². The summed E-state index contributed by atoms with van der Waals surface area (Å²) in [5.74, 6) is -2.00. The molecule has 0 amide bonds. The molecule has 0 saturated heterocycles. The van der Waals surface area contributed by atoms with E-state index in [4.69, 9.17) is 5.11 Å². The van der Waals surface area contributed by atoms with Crippen LogP contribution in [0.25, 0.3) is 0 Å². The second-order valence-corrected chi connectivity index (χ2v) is 4.04. The molecule has 0 aliphatic carbocycles. The Morgan fingerprint density at radius 1 is 1.33 bits per heavy atom. The highest BCUT2D eigenvalue weighted by Crippen LogP contribution is 2.32. The molecule has 2 N–H and O–H groups in total. The van der Waals surface area contributed by atoms with E-state index in [0.717, 1.165) is 0 Å². The summed E-state index contributed by atoms with van der Waals surface area (Å²) in [5, 5.41) is 18.0. The van der Waals surface area contributed by atoms with E-state index in [2.05, 4.69) is 0 Å². The third kappa shape index (κ3) is 5.07. The second kappa shape index (κ2) is 5.75. The number of alkyl halides is 3. The zero-order chi connectivity index (χ0) is 13.8. The van der Waals surface area contributed by atoms with Crippen LogP contribution in [-0.2, 0) is 4.79 Å². The molecule has 1 atom stereocenters. The van der Waals surface area contributed by atoms with Crippen molar-refractivity contribution < 1.29 is 28.2 Å². The fraction of sp³-hybridized carbons (Fsp3) is 0.417. The third-order valence-electron chi connectivity index (χ3n) is 2.54. The first-order chi connectivity index (χ1) is 8.28. The maximum Gasteiger partial charge on any atom is 0.389 e. The van der Waals surface area contributed by atoms with Gasteiger partial charge >= 0.3 is 12.1 Å². The molecule has 0 aliphatic rings. The smallest absolute Gasteiger partial charge is 0.389 e. The van der Waals surface area contributed by atoms with Gasteiger partial charge in [0.15, 0.2) is 0 Å². The van der Waals surface area contributed by atoms with E-state index in [-0.39, 0.29) is 18.6 Å². The van der Waals surface area contributed by atoms with Crippen LogP contribution < -0.4 is 0 Å². The number of benzene rings is 1. The number of aromatic hydroxyl groups is 1. The fourth-order valence-corrected chi connectivity index (χ4v) is 1.71. The van der Waals surface area contributed by atoms with E-state index in [9.17, 15) is 23.1 Å². The van der Waals surface area contributed by atoms with Gasteiger partial charge in [0.05, 0.1) is 6.42 Å². The van der Waals surface area contributed by atoms with Crippen molar-refractivity contribution in [3.8, 4) is 5.75 Å². The first-order valence-corrected chi connectivity index (χ1v) is 5.35. The van der Waals surface area contributed by atoms with Crippen molar-refractivity contribution in [1.82, 2.24) is 0 Å². The highest BCUT2D eigenvalue weighted by molar-refractivity contribution is 5.68. The number of carboxylic acids is 1. The van der Waals surface area contributed by atoms with Crippen LogP contribution in [0.4, 0.5) is 13.2 Å². The molecule has 0 heterocycles. The lowest BCUT2D eigenvalue weighted by atomic mass is 9.91. The minimum absolute atomic E-state index is 0.0881. The molecule has 0 spiro atoms. The van der Waals surface area contributed by atoms with Gasteiger partial charge in [0, 0.05) is 6.42 Å². The first kappa shape index (κ1) is 14.3. The molecule has 0 saturated carbocycles. The number of hydrogen-bond donors (Lipinski definition) is 2. The molecule has 6 heteroatoms. The molecule has 1 aromatic carbocycles. The van der Waals surface area contributed by atoms with Gasteiger partial charge in [-0.25, -0.2) is 0 Å². The van der Waals surface area contributed by atoms with Gasteiger partial charge in [0.2, 0.25) is 0 Å². The normalized spacial score (nSPS) is 13.3. The molecule has 0 radical (unpaired) electrons. The SMILES string of the molecule is O=C(O)C[C@@H](CCC(F)(F)F)c1cccc(O)c1. The van der Waals surface area contributed by atoms with Crippen molar-refractivity contribution in [1.29, 1.82) is 0 Å². The standard InChI is InChI=1S/C12H13F3O3/c13-12(14,15)5-4-9(7-11(17)18)8-2-1-3-10(16)6-8/h1-3,6,9,16H,4-5,7H2,(H,17,18)/t9-/m1/s1. The van der Waals surface area contributed by atoms with Gasteiger partial charge in [-0.3, -0.25) is 4.79 Å². The Kier molecular flexibility index (Phi) is 4.58. The van der Waals surface area contributed by atoms with Crippen LogP contribution >= 0.6 is 0 Å². The molecule has 0 aromatic heterocycles. The van der Waals surface area contributed by atoms with Gasteiger partial charge in [0.25, 0.3) is 0 Å². The summed E-state index contributed by atoms with van der Waals surface area (Å²) in [6, 6.07) is 5.67. The summed E-state index contributed by atoms with van der Waals surface area (Å²) < 4.78 is 36.5. The van der Waals surface area contributed by atoms with Crippen molar-refractivity contribution >= 4 is 5.97 Å². The second-order valence-electron chi connectivity index (χ2n) is 4.04. The highest BCUT2D eigenvalue weighted by atomic mass is 19.4. The average Bonchev–Trinajstić information content (AvgIpc) is 2.22. The summed E-state index contributed by atoms with van der Waals surface area (Å²) in [6.07, 6.45) is -6.05. The summed E-state index contributed by atoms with van der Waals surface area (Å²) >= 11 is 0. The Morgan fingerprint density at radius 3 is 2.50 bits per heavy atom. The van der Waals surface area contributed by atoms with Crippen LogP contribution in [0.15, 0.2) is 24.3 Å². The molecule has 1 aromatic rings. The Morgan fingerprint density at radius 2 is 2.00 bits per heavy atom. The lowest BCUT2D eigenvalue weighted by molar-refractivity contribution is -0.142. The number of aliphatic carboxylic acids is 1. The van der Waals surface area contributed by atoms with Crippen LogP contribution in [0, 0.1) is 0 Å². The average molecular weight is 262 g/mol. The molecule has 18 heavy (non-hydrogen) atoms. The summed E-state index contributed by atoms with van der Waals surface area (Å²) in [4.78, 5) is 10.6. The molecular weight excluding hydrogens is 249 g/mol. The van der Waals surface area contributed by atoms with Crippen molar-refractivity contribution in [2.45, 2.75) is 31.4 Å². The van der Waals surface area contributed by atoms with E-state index >= 15 is 0 Å². The molecular formula is C12H13F3O3. The third-order valence-corrected chi connectivity index (χ3v) is 2.54. The summed E-state index contributed by atoms with van der Waals surface area (Å²) in [7, 11) is 0. The topological polar surface area (TPSA) is 57.5 Å². The van der Waals surface area contributed by atoms with E-state index in [1.807, 2.05) is 0 Å². The van der Waals surface area contributed by atoms with Gasteiger partial charge in [-0.2, -0.15) is 13.2 Å². The molecule has 100 valence electrons. The van der Waals surface area contributed by atoms with Gasteiger partial charge in [-0.1, -0.05) is 12.1 Å². The number of phenolic OH excluding ortho intramolecular Hbond substituents is 1. The fourth-order valence-electron chi connectivity index (χ4n) is 1.71. The highest BCUT2D eigenvalue weighted by Gasteiger charge is 2.29. The zero-order valence-electron chi connectivity index (χ0n) is 9.44. The Hall–Kier alpha value is -1.72. The molecule has 0 unspecified atom stereocenters. The first-order valence-electron chi connectivity index (χ1n) is 5.35. The molecule has 1 rings (SSSR count). The lowest BCUT2D eigenvalue weighted by Gasteiger charge is -2.16. The maximum absolute atomic E-state index is 12.2. The monoisotopic (exact) mass is 262 g/mol. The number of carboxylic acid groups (broad SMARTS) is 1. The predicted octanol–water partition coefficient (Wildman–Crippen LogP) is 3.29. The molecule has 3 nitrogen and oxygen atoms in total. The van der Waals surface area contributed by atoms with E-state index in [1.165, 1.54) is 24.3 Å². The van der Waals surface area contributed by atoms with Crippen molar-refractivity contribution in [3.63, 3.8) is 0 Å². The van der Waals surface area contributed by atoms with Crippen molar-refractivity contribution in [3.05, 3.63) is 29.8 Å². The number of hydrogen-bond acceptors (Lipinski definition) is 2. The number of phenols is 1. The van der Waals surface area contributed by atoms with Crippen LogP contribution in [0.3, 0.4) is 0 Å². The molecule has 0 aliphatic heterocycles. The van der Waals surface area contributed by atoms with Crippen molar-refractivity contribution in [2.24, 2.45) is 0 Å². The van der Waals surface area contributed by atoms with E-state index in [0.29, 0.717) is 5.56 Å². The zero-order valence-corrected chi connectivity index (χ0v) is 9.44. The van der Waals surface area contributed by atoms with E-state index in [1.54, 1.807) is 0 Å². The van der Waals surface area contributed by atoms with E-state index < -0.39 is 24.5 Å². The van der Waals surface area contributed by atoms with Crippen molar-refractivity contribution in [2.75, 3.05) is 0 Å². The van der Waals surface area contributed by atoms with Gasteiger partial charge in [-0.15, -0.1) is 0 Å². The van der Waals surface area contributed by atoms with Crippen LogP contribution in [-0.4, -0.2) is 22.4 Å². The van der Waals surface area contributed by atoms with Crippen LogP contribution in [0.1, 0.15) is 30.7 Å².